The molecule has 0 amide bonds. The number of likely N-dealkylation sites (tertiary alicyclic amines) is 1. The fourth-order valence-corrected chi connectivity index (χ4v) is 2.93. The molecule has 0 saturated carbocycles. The maximum absolute atomic E-state index is 11.0. The van der Waals surface area contributed by atoms with Gasteiger partial charge in [-0.3, -0.25) is 4.79 Å². The second-order valence-corrected chi connectivity index (χ2v) is 5.40. The van der Waals surface area contributed by atoms with Crippen molar-refractivity contribution in [3.8, 4) is 0 Å². The zero-order valence-corrected chi connectivity index (χ0v) is 11.6. The topological polar surface area (TPSA) is 40.5 Å². The van der Waals surface area contributed by atoms with Gasteiger partial charge in [0, 0.05) is 6.04 Å². The van der Waals surface area contributed by atoms with Gasteiger partial charge < -0.3 is 10.0 Å². The van der Waals surface area contributed by atoms with Crippen LogP contribution in [0.2, 0.25) is 0 Å². The summed E-state index contributed by atoms with van der Waals surface area (Å²) in [6, 6.07) is 11.1. The minimum atomic E-state index is -0.629. The van der Waals surface area contributed by atoms with Crippen molar-refractivity contribution in [2.45, 2.75) is 38.6 Å². The van der Waals surface area contributed by atoms with Crippen LogP contribution in [0.5, 0.6) is 0 Å². The standard InChI is InChI=1S/C16H23NO2/c1-2-15(12-13-6-4-3-5-7-13)17-10-8-14(9-11-17)16(18)19/h3-7,14-15H,2,8-12H2,1H3,(H,18,19). The Bertz CT molecular complexity index is 396. The van der Waals surface area contributed by atoms with Crippen LogP contribution >= 0.6 is 0 Å². The maximum atomic E-state index is 11.0. The van der Waals surface area contributed by atoms with Gasteiger partial charge in [-0.1, -0.05) is 37.3 Å². The Morgan fingerprint density at radius 1 is 1.32 bits per heavy atom. The molecule has 1 atom stereocenters. The van der Waals surface area contributed by atoms with Gasteiger partial charge in [-0.2, -0.15) is 0 Å². The molecular weight excluding hydrogens is 238 g/mol. The van der Waals surface area contributed by atoms with Gasteiger partial charge in [0.1, 0.15) is 0 Å². The summed E-state index contributed by atoms with van der Waals surface area (Å²) in [5.74, 6) is -0.763. The van der Waals surface area contributed by atoms with Crippen LogP contribution in [0.4, 0.5) is 0 Å². The molecule has 104 valence electrons. The fourth-order valence-electron chi connectivity index (χ4n) is 2.93. The average molecular weight is 261 g/mol. The van der Waals surface area contributed by atoms with Gasteiger partial charge in [-0.05, 0) is 44.3 Å². The number of aliphatic carboxylic acids is 1. The number of carboxylic acid groups (broad SMARTS) is 1. The third-order valence-corrected chi connectivity index (χ3v) is 4.18. The molecule has 1 aromatic carbocycles. The largest absolute Gasteiger partial charge is 0.481 e. The first-order chi connectivity index (χ1) is 9.20. The highest BCUT2D eigenvalue weighted by molar-refractivity contribution is 5.70. The highest BCUT2D eigenvalue weighted by Gasteiger charge is 2.27. The predicted octanol–water partition coefficient (Wildman–Crippen LogP) is 2.80. The first kappa shape index (κ1) is 14.1. The van der Waals surface area contributed by atoms with Crippen LogP contribution in [0.3, 0.4) is 0 Å². The molecule has 0 spiro atoms. The van der Waals surface area contributed by atoms with Crippen molar-refractivity contribution in [1.82, 2.24) is 4.90 Å². The van der Waals surface area contributed by atoms with E-state index < -0.39 is 5.97 Å². The summed E-state index contributed by atoms with van der Waals surface area (Å²) in [5.41, 5.74) is 1.37. The Morgan fingerprint density at radius 2 is 1.95 bits per heavy atom. The Balaban J connectivity index is 1.91. The van der Waals surface area contributed by atoms with Crippen LogP contribution in [-0.2, 0) is 11.2 Å². The van der Waals surface area contributed by atoms with E-state index in [0.717, 1.165) is 38.8 Å². The molecule has 1 aliphatic heterocycles. The Labute approximate surface area is 115 Å². The zero-order valence-electron chi connectivity index (χ0n) is 11.6. The van der Waals surface area contributed by atoms with Crippen LogP contribution in [0.25, 0.3) is 0 Å². The van der Waals surface area contributed by atoms with Crippen LogP contribution in [0, 0.1) is 5.92 Å². The van der Waals surface area contributed by atoms with Gasteiger partial charge in [-0.25, -0.2) is 0 Å². The monoisotopic (exact) mass is 261 g/mol. The molecule has 1 aromatic rings. The Kier molecular flexibility index (Phi) is 4.97. The summed E-state index contributed by atoms with van der Waals surface area (Å²) in [6.07, 6.45) is 3.77. The highest BCUT2D eigenvalue weighted by Crippen LogP contribution is 2.22. The summed E-state index contributed by atoms with van der Waals surface area (Å²) in [6.45, 7) is 4.06. The van der Waals surface area contributed by atoms with Gasteiger partial charge >= 0.3 is 5.97 Å². The zero-order chi connectivity index (χ0) is 13.7. The van der Waals surface area contributed by atoms with Gasteiger partial charge in [0.15, 0.2) is 0 Å². The fraction of sp³-hybridized carbons (Fsp3) is 0.562. The van der Waals surface area contributed by atoms with Crippen molar-refractivity contribution in [2.24, 2.45) is 5.92 Å². The van der Waals surface area contributed by atoms with E-state index in [1.165, 1.54) is 5.56 Å². The van der Waals surface area contributed by atoms with Crippen molar-refractivity contribution in [3.63, 3.8) is 0 Å². The predicted molar refractivity (Wildman–Crippen MR) is 76.2 cm³/mol. The van der Waals surface area contributed by atoms with Gasteiger partial charge in [-0.15, -0.1) is 0 Å². The number of benzene rings is 1. The van der Waals surface area contributed by atoms with E-state index in [1.54, 1.807) is 0 Å². The lowest BCUT2D eigenvalue weighted by Gasteiger charge is -2.36. The van der Waals surface area contributed by atoms with E-state index in [9.17, 15) is 4.79 Å². The van der Waals surface area contributed by atoms with Crippen molar-refractivity contribution in [2.75, 3.05) is 13.1 Å². The smallest absolute Gasteiger partial charge is 0.306 e. The number of nitrogens with zero attached hydrogens (tertiary/aromatic N) is 1. The van der Waals surface area contributed by atoms with E-state index >= 15 is 0 Å². The lowest BCUT2D eigenvalue weighted by atomic mass is 9.94. The number of hydrogen-bond acceptors (Lipinski definition) is 2. The quantitative estimate of drug-likeness (QED) is 0.886. The summed E-state index contributed by atoms with van der Waals surface area (Å²) >= 11 is 0. The van der Waals surface area contributed by atoms with E-state index in [4.69, 9.17) is 5.11 Å². The van der Waals surface area contributed by atoms with Crippen LogP contribution < -0.4 is 0 Å². The Hall–Kier alpha value is -1.35. The van der Waals surface area contributed by atoms with E-state index in [2.05, 4.69) is 36.1 Å². The van der Waals surface area contributed by atoms with E-state index in [0.29, 0.717) is 6.04 Å². The average Bonchev–Trinajstić information content (AvgIpc) is 2.46. The van der Waals surface area contributed by atoms with Crippen LogP contribution in [-0.4, -0.2) is 35.1 Å². The second-order valence-electron chi connectivity index (χ2n) is 5.40. The van der Waals surface area contributed by atoms with Crippen molar-refractivity contribution >= 4 is 5.97 Å². The third kappa shape index (κ3) is 3.80. The molecule has 1 fully saturated rings. The van der Waals surface area contributed by atoms with Gasteiger partial charge in [0.05, 0.1) is 5.92 Å². The first-order valence-corrected chi connectivity index (χ1v) is 7.21. The Morgan fingerprint density at radius 3 is 2.47 bits per heavy atom. The van der Waals surface area contributed by atoms with Crippen LogP contribution in [0.15, 0.2) is 30.3 Å². The molecule has 0 bridgehead atoms. The maximum Gasteiger partial charge on any atom is 0.306 e. The number of rotatable bonds is 5. The van der Waals surface area contributed by atoms with Crippen molar-refractivity contribution < 1.29 is 9.90 Å². The summed E-state index contributed by atoms with van der Waals surface area (Å²) < 4.78 is 0. The SMILES string of the molecule is CCC(Cc1ccccc1)N1CCC(C(=O)O)CC1. The molecule has 0 aliphatic carbocycles. The summed E-state index contributed by atoms with van der Waals surface area (Å²) in [7, 11) is 0. The third-order valence-electron chi connectivity index (χ3n) is 4.18. The van der Waals surface area contributed by atoms with E-state index in [-0.39, 0.29) is 5.92 Å². The number of carboxylic acids is 1. The van der Waals surface area contributed by atoms with Crippen molar-refractivity contribution in [1.29, 1.82) is 0 Å². The van der Waals surface area contributed by atoms with Gasteiger partial charge in [0.2, 0.25) is 0 Å². The minimum Gasteiger partial charge on any atom is -0.481 e. The lowest BCUT2D eigenvalue weighted by Crippen LogP contribution is -2.43. The summed E-state index contributed by atoms with van der Waals surface area (Å²) in [5, 5.41) is 9.04. The molecule has 0 radical (unpaired) electrons. The molecule has 1 heterocycles. The molecule has 3 heteroatoms. The molecule has 2 rings (SSSR count). The molecule has 3 nitrogen and oxygen atoms in total. The number of hydrogen-bond donors (Lipinski definition) is 1. The highest BCUT2D eigenvalue weighted by atomic mass is 16.4. The molecule has 1 aliphatic rings. The molecular formula is C16H23NO2. The first-order valence-electron chi connectivity index (χ1n) is 7.21. The van der Waals surface area contributed by atoms with Crippen LogP contribution in [0.1, 0.15) is 31.7 Å². The molecule has 1 N–H and O–H groups in total. The van der Waals surface area contributed by atoms with Gasteiger partial charge in [0.25, 0.3) is 0 Å². The molecule has 0 aromatic heterocycles. The second kappa shape index (κ2) is 6.71. The lowest BCUT2D eigenvalue weighted by molar-refractivity contribution is -0.143. The number of piperidine rings is 1. The molecule has 1 saturated heterocycles. The van der Waals surface area contributed by atoms with E-state index in [1.807, 2.05) is 6.07 Å². The molecule has 1 unspecified atom stereocenters. The normalized spacial score (nSPS) is 19.2. The summed E-state index contributed by atoms with van der Waals surface area (Å²) in [4.78, 5) is 13.4. The van der Waals surface area contributed by atoms with Crippen molar-refractivity contribution in [3.05, 3.63) is 35.9 Å². The molecule has 19 heavy (non-hydrogen) atoms. The number of carbonyl (C=O) groups is 1. The minimum absolute atomic E-state index is 0.134.